The maximum atomic E-state index is 13.3. The van der Waals surface area contributed by atoms with E-state index in [1.807, 2.05) is 23.5 Å². The molecule has 4 heteroatoms. The lowest BCUT2D eigenvalue weighted by Crippen LogP contribution is -2.31. The highest BCUT2D eigenvalue weighted by molar-refractivity contribution is 9.10. The van der Waals surface area contributed by atoms with Crippen molar-refractivity contribution in [2.45, 2.75) is 38.6 Å². The van der Waals surface area contributed by atoms with Gasteiger partial charge in [-0.3, -0.25) is 0 Å². The van der Waals surface area contributed by atoms with E-state index < -0.39 is 0 Å². The molecule has 21 heavy (non-hydrogen) atoms. The van der Waals surface area contributed by atoms with Crippen LogP contribution in [0.2, 0.25) is 0 Å². The zero-order chi connectivity index (χ0) is 15.1. The van der Waals surface area contributed by atoms with Crippen molar-refractivity contribution >= 4 is 27.3 Å². The van der Waals surface area contributed by atoms with Gasteiger partial charge in [-0.1, -0.05) is 19.1 Å². The minimum Gasteiger partial charge on any atom is -0.314 e. The quantitative estimate of drug-likeness (QED) is 0.674. The lowest BCUT2D eigenvalue weighted by molar-refractivity contribution is 0.476. The zero-order valence-corrected chi connectivity index (χ0v) is 14.6. The van der Waals surface area contributed by atoms with Gasteiger partial charge in [-0.15, -0.1) is 11.3 Å². The predicted molar refractivity (Wildman–Crippen MR) is 92.5 cm³/mol. The van der Waals surface area contributed by atoms with Gasteiger partial charge >= 0.3 is 0 Å². The third kappa shape index (κ3) is 5.53. The largest absolute Gasteiger partial charge is 0.314 e. The molecule has 0 fully saturated rings. The second-order valence-corrected chi connectivity index (χ2v) is 7.07. The van der Waals surface area contributed by atoms with E-state index in [0.29, 0.717) is 10.5 Å². The first-order valence-electron chi connectivity index (χ1n) is 7.38. The molecule has 1 aromatic heterocycles. The van der Waals surface area contributed by atoms with Gasteiger partial charge in [0.05, 0.1) is 4.47 Å². The van der Waals surface area contributed by atoms with E-state index in [0.717, 1.165) is 25.8 Å². The Morgan fingerprint density at radius 1 is 1.33 bits per heavy atom. The summed E-state index contributed by atoms with van der Waals surface area (Å²) < 4.78 is 13.8. The van der Waals surface area contributed by atoms with Crippen molar-refractivity contribution in [3.63, 3.8) is 0 Å². The molecular formula is C17H21BrFNS. The molecule has 114 valence electrons. The summed E-state index contributed by atoms with van der Waals surface area (Å²) >= 11 is 5.09. The van der Waals surface area contributed by atoms with Crippen molar-refractivity contribution in [2.75, 3.05) is 6.54 Å². The second-order valence-electron chi connectivity index (χ2n) is 5.18. The first-order chi connectivity index (χ1) is 10.2. The van der Waals surface area contributed by atoms with Crippen LogP contribution < -0.4 is 5.32 Å². The number of rotatable bonds is 8. The van der Waals surface area contributed by atoms with E-state index in [1.54, 1.807) is 0 Å². The summed E-state index contributed by atoms with van der Waals surface area (Å²) in [7, 11) is 0. The highest BCUT2D eigenvalue weighted by Gasteiger charge is 2.10. The van der Waals surface area contributed by atoms with Crippen molar-refractivity contribution in [1.29, 1.82) is 0 Å². The normalized spacial score (nSPS) is 12.5. The fourth-order valence-electron chi connectivity index (χ4n) is 2.49. The topological polar surface area (TPSA) is 12.0 Å². The first-order valence-corrected chi connectivity index (χ1v) is 9.06. The first kappa shape index (κ1) is 16.7. The van der Waals surface area contributed by atoms with Gasteiger partial charge in [0.15, 0.2) is 0 Å². The van der Waals surface area contributed by atoms with Crippen LogP contribution in [0.5, 0.6) is 0 Å². The number of likely N-dealkylation sites (N-methyl/N-ethyl adjacent to an activating group) is 1. The summed E-state index contributed by atoms with van der Waals surface area (Å²) in [5.74, 6) is -0.198. The van der Waals surface area contributed by atoms with Crippen molar-refractivity contribution in [3.8, 4) is 0 Å². The standard InChI is InChI=1S/C17H21BrFNS/c1-2-20-14(5-3-6-15-7-4-10-21-15)11-13-8-9-17(19)16(18)12-13/h4,7-10,12,14,20H,2-3,5-6,11H2,1H3. The fraction of sp³-hybridized carbons (Fsp3) is 0.412. The van der Waals surface area contributed by atoms with Crippen molar-refractivity contribution in [1.82, 2.24) is 5.32 Å². The van der Waals surface area contributed by atoms with Gasteiger partial charge in [-0.25, -0.2) is 4.39 Å². The monoisotopic (exact) mass is 369 g/mol. The van der Waals surface area contributed by atoms with Crippen LogP contribution in [0.25, 0.3) is 0 Å². The number of thiophene rings is 1. The van der Waals surface area contributed by atoms with E-state index in [4.69, 9.17) is 0 Å². The Bertz CT molecular complexity index is 542. The molecule has 0 spiro atoms. The molecule has 0 amide bonds. The van der Waals surface area contributed by atoms with E-state index in [2.05, 4.69) is 45.7 Å². The number of halogens is 2. The molecule has 0 bridgehead atoms. The predicted octanol–water partition coefficient (Wildman–Crippen LogP) is 5.19. The maximum Gasteiger partial charge on any atom is 0.137 e. The Hall–Kier alpha value is -0.710. The summed E-state index contributed by atoms with van der Waals surface area (Å²) in [6.07, 6.45) is 4.41. The number of nitrogens with one attached hydrogen (secondary N) is 1. The molecule has 2 rings (SSSR count). The van der Waals surface area contributed by atoms with E-state index in [9.17, 15) is 4.39 Å². The molecule has 1 heterocycles. The van der Waals surface area contributed by atoms with Crippen LogP contribution in [0.15, 0.2) is 40.2 Å². The minimum absolute atomic E-state index is 0.198. The Balaban J connectivity index is 1.87. The lowest BCUT2D eigenvalue weighted by atomic mass is 10.0. The Labute approximate surface area is 138 Å². The summed E-state index contributed by atoms with van der Waals surface area (Å²) in [4.78, 5) is 1.45. The molecule has 1 N–H and O–H groups in total. The zero-order valence-electron chi connectivity index (χ0n) is 12.2. The molecule has 0 saturated heterocycles. The van der Waals surface area contributed by atoms with Crippen LogP contribution in [0.3, 0.4) is 0 Å². The van der Waals surface area contributed by atoms with Gasteiger partial charge in [0, 0.05) is 10.9 Å². The smallest absolute Gasteiger partial charge is 0.137 e. The summed E-state index contributed by atoms with van der Waals surface area (Å²) in [5.41, 5.74) is 1.17. The Morgan fingerprint density at radius 2 is 2.19 bits per heavy atom. The van der Waals surface area contributed by atoms with Crippen molar-refractivity contribution < 1.29 is 4.39 Å². The summed E-state index contributed by atoms with van der Waals surface area (Å²) in [6.45, 7) is 3.10. The third-order valence-electron chi connectivity index (χ3n) is 3.51. The van der Waals surface area contributed by atoms with Gasteiger partial charge in [0.2, 0.25) is 0 Å². The molecule has 0 aliphatic carbocycles. The number of aryl methyl sites for hydroxylation is 1. The average Bonchev–Trinajstić information content (AvgIpc) is 2.96. The molecule has 1 aromatic carbocycles. The van der Waals surface area contributed by atoms with Crippen LogP contribution in [0, 0.1) is 5.82 Å². The molecular weight excluding hydrogens is 349 g/mol. The minimum atomic E-state index is -0.198. The van der Waals surface area contributed by atoms with Gasteiger partial charge in [-0.2, -0.15) is 0 Å². The van der Waals surface area contributed by atoms with Crippen LogP contribution >= 0.6 is 27.3 Å². The molecule has 2 aromatic rings. The highest BCUT2D eigenvalue weighted by atomic mass is 79.9. The van der Waals surface area contributed by atoms with E-state index >= 15 is 0 Å². The molecule has 1 unspecified atom stereocenters. The van der Waals surface area contributed by atoms with Crippen molar-refractivity contribution in [2.24, 2.45) is 0 Å². The van der Waals surface area contributed by atoms with Gasteiger partial charge in [0.1, 0.15) is 5.82 Å². The van der Waals surface area contributed by atoms with Crippen LogP contribution in [0.4, 0.5) is 4.39 Å². The van der Waals surface area contributed by atoms with Gasteiger partial charge in [0.25, 0.3) is 0 Å². The molecule has 1 atom stereocenters. The SMILES string of the molecule is CCNC(CCCc1cccs1)Cc1ccc(F)c(Br)c1. The maximum absolute atomic E-state index is 13.3. The van der Waals surface area contributed by atoms with Crippen molar-refractivity contribution in [3.05, 3.63) is 56.4 Å². The van der Waals surface area contributed by atoms with Crippen LogP contribution in [-0.2, 0) is 12.8 Å². The highest BCUT2D eigenvalue weighted by Crippen LogP contribution is 2.19. The lowest BCUT2D eigenvalue weighted by Gasteiger charge is -2.18. The third-order valence-corrected chi connectivity index (χ3v) is 5.06. The molecule has 0 saturated carbocycles. The van der Waals surface area contributed by atoms with E-state index in [-0.39, 0.29) is 5.82 Å². The Morgan fingerprint density at radius 3 is 2.86 bits per heavy atom. The Kier molecular flexibility index (Phi) is 6.87. The van der Waals surface area contributed by atoms with Gasteiger partial charge < -0.3 is 5.32 Å². The molecule has 0 aliphatic rings. The number of hydrogen-bond acceptors (Lipinski definition) is 2. The fourth-order valence-corrected chi connectivity index (χ4v) is 3.67. The van der Waals surface area contributed by atoms with E-state index in [1.165, 1.54) is 22.9 Å². The van der Waals surface area contributed by atoms with Crippen LogP contribution in [-0.4, -0.2) is 12.6 Å². The summed E-state index contributed by atoms with van der Waals surface area (Å²) in [5, 5.41) is 5.67. The molecule has 0 aliphatic heterocycles. The molecule has 1 nitrogen and oxygen atoms in total. The van der Waals surface area contributed by atoms with Crippen LogP contribution in [0.1, 0.15) is 30.2 Å². The van der Waals surface area contributed by atoms with Gasteiger partial charge in [-0.05, 0) is 77.3 Å². The second kappa shape index (κ2) is 8.66. The average molecular weight is 370 g/mol. The summed E-state index contributed by atoms with van der Waals surface area (Å²) in [6, 6.07) is 10.1. The number of benzene rings is 1. The number of hydrogen-bond donors (Lipinski definition) is 1. The molecule has 0 radical (unpaired) electrons.